The summed E-state index contributed by atoms with van der Waals surface area (Å²) in [5.74, 6) is -0.801. The van der Waals surface area contributed by atoms with E-state index in [1.165, 1.54) is 5.57 Å². The first kappa shape index (κ1) is 12.6. The highest BCUT2D eigenvalue weighted by molar-refractivity contribution is 5.74. The van der Waals surface area contributed by atoms with E-state index in [4.69, 9.17) is 0 Å². The van der Waals surface area contributed by atoms with E-state index in [0.717, 1.165) is 12.0 Å². The summed E-state index contributed by atoms with van der Waals surface area (Å²) in [6.45, 7) is 0.636. The molecule has 0 bridgehead atoms. The van der Waals surface area contributed by atoms with Gasteiger partial charge in [-0.1, -0.05) is 54.1 Å². The van der Waals surface area contributed by atoms with Crippen molar-refractivity contribution in [3.05, 3.63) is 59.7 Å². The zero-order valence-electron chi connectivity index (χ0n) is 10.2. The lowest BCUT2D eigenvalue weighted by molar-refractivity contribution is -0.139. The first-order chi connectivity index (χ1) is 8.75. The minimum atomic E-state index is -0.801. The minimum Gasteiger partial charge on any atom is -0.480 e. The van der Waals surface area contributed by atoms with Gasteiger partial charge in [0.1, 0.15) is 6.04 Å². The van der Waals surface area contributed by atoms with E-state index in [1.807, 2.05) is 42.5 Å². The summed E-state index contributed by atoms with van der Waals surface area (Å²) in [4.78, 5) is 11.2. The van der Waals surface area contributed by atoms with Gasteiger partial charge in [-0.15, -0.1) is 0 Å². The molecule has 94 valence electrons. The number of benzene rings is 1. The molecule has 0 heterocycles. The van der Waals surface area contributed by atoms with Gasteiger partial charge < -0.3 is 10.4 Å². The summed E-state index contributed by atoms with van der Waals surface area (Å²) < 4.78 is 0. The molecule has 1 aliphatic rings. The van der Waals surface area contributed by atoms with Gasteiger partial charge in [0.2, 0.25) is 0 Å². The molecule has 0 aromatic heterocycles. The summed E-state index contributed by atoms with van der Waals surface area (Å²) in [7, 11) is 0. The Labute approximate surface area is 107 Å². The van der Waals surface area contributed by atoms with Gasteiger partial charge in [-0.25, -0.2) is 0 Å². The molecule has 0 aliphatic heterocycles. The van der Waals surface area contributed by atoms with Crippen LogP contribution in [0.2, 0.25) is 0 Å². The lowest BCUT2D eigenvalue weighted by atomic mass is 10.1. The van der Waals surface area contributed by atoms with Gasteiger partial charge in [-0.05, 0) is 18.4 Å². The van der Waals surface area contributed by atoms with E-state index in [9.17, 15) is 9.90 Å². The van der Waals surface area contributed by atoms with Crippen molar-refractivity contribution in [2.24, 2.45) is 0 Å². The second kappa shape index (κ2) is 6.17. The van der Waals surface area contributed by atoms with E-state index >= 15 is 0 Å². The first-order valence-corrected chi connectivity index (χ1v) is 6.10. The third-order valence-electron chi connectivity index (χ3n) is 3.00. The van der Waals surface area contributed by atoms with E-state index in [-0.39, 0.29) is 0 Å². The number of rotatable bonds is 6. The number of allylic oxidation sites excluding steroid dienone is 3. The maximum Gasteiger partial charge on any atom is 0.321 e. The summed E-state index contributed by atoms with van der Waals surface area (Å²) in [6.07, 6.45) is 7.55. The average Bonchev–Trinajstić information content (AvgIpc) is 2.88. The smallest absolute Gasteiger partial charge is 0.321 e. The van der Waals surface area contributed by atoms with Crippen molar-refractivity contribution in [1.82, 2.24) is 5.32 Å². The number of hydrogen-bond donors (Lipinski definition) is 2. The number of carboxylic acids is 1. The molecule has 0 spiro atoms. The molecule has 1 unspecified atom stereocenters. The zero-order chi connectivity index (χ0) is 12.8. The van der Waals surface area contributed by atoms with Crippen LogP contribution < -0.4 is 5.32 Å². The molecule has 2 rings (SSSR count). The zero-order valence-corrected chi connectivity index (χ0v) is 10.2. The Balaban J connectivity index is 1.90. The van der Waals surface area contributed by atoms with E-state index < -0.39 is 12.0 Å². The second-order valence-corrected chi connectivity index (χ2v) is 4.42. The Morgan fingerprint density at radius 2 is 2.11 bits per heavy atom. The van der Waals surface area contributed by atoms with Crippen molar-refractivity contribution < 1.29 is 9.90 Å². The number of carboxylic acid groups (broad SMARTS) is 1. The fourth-order valence-electron chi connectivity index (χ4n) is 1.97. The maximum atomic E-state index is 11.2. The van der Waals surface area contributed by atoms with Crippen LogP contribution in [0.1, 0.15) is 12.0 Å². The molecule has 0 saturated heterocycles. The topological polar surface area (TPSA) is 49.3 Å². The van der Waals surface area contributed by atoms with Crippen molar-refractivity contribution in [3.63, 3.8) is 0 Å². The van der Waals surface area contributed by atoms with Gasteiger partial charge in [-0.2, -0.15) is 0 Å². The van der Waals surface area contributed by atoms with Crippen LogP contribution in [0.15, 0.2) is 54.1 Å². The first-order valence-electron chi connectivity index (χ1n) is 6.10. The van der Waals surface area contributed by atoms with Crippen molar-refractivity contribution in [2.75, 3.05) is 6.54 Å². The number of hydrogen-bond acceptors (Lipinski definition) is 2. The van der Waals surface area contributed by atoms with Crippen LogP contribution in [0.5, 0.6) is 0 Å². The van der Waals surface area contributed by atoms with Crippen molar-refractivity contribution in [1.29, 1.82) is 0 Å². The summed E-state index contributed by atoms with van der Waals surface area (Å²) >= 11 is 0. The molecule has 1 aromatic rings. The molecule has 3 heteroatoms. The van der Waals surface area contributed by atoms with Crippen LogP contribution >= 0.6 is 0 Å². The van der Waals surface area contributed by atoms with Gasteiger partial charge in [0.15, 0.2) is 0 Å². The van der Waals surface area contributed by atoms with Gasteiger partial charge in [0.05, 0.1) is 0 Å². The van der Waals surface area contributed by atoms with Crippen molar-refractivity contribution in [2.45, 2.75) is 18.9 Å². The lowest BCUT2D eigenvalue weighted by Crippen LogP contribution is -2.39. The number of aliphatic carboxylic acids is 1. The Kier molecular flexibility index (Phi) is 4.31. The molecule has 0 radical (unpaired) electrons. The molecule has 0 amide bonds. The highest BCUT2D eigenvalue weighted by Gasteiger charge is 2.17. The average molecular weight is 243 g/mol. The molecule has 3 nitrogen and oxygen atoms in total. The predicted octanol–water partition coefficient (Wildman–Crippen LogP) is 2.16. The third kappa shape index (κ3) is 3.57. The molecule has 1 aromatic carbocycles. The maximum absolute atomic E-state index is 11.2. The van der Waals surface area contributed by atoms with Crippen LogP contribution in [0.25, 0.3) is 0 Å². The molecule has 2 N–H and O–H groups in total. The monoisotopic (exact) mass is 243 g/mol. The highest BCUT2D eigenvalue weighted by Crippen LogP contribution is 2.10. The standard InChI is InChI=1S/C15H17NO2/c17-15(18)14(10-12-6-2-1-3-7-12)16-11-13-8-4-5-9-13/h1-8,14,16H,9-11H2,(H,17,18). The van der Waals surface area contributed by atoms with Crippen LogP contribution in [-0.2, 0) is 11.2 Å². The summed E-state index contributed by atoms with van der Waals surface area (Å²) in [5.41, 5.74) is 2.27. The third-order valence-corrected chi connectivity index (χ3v) is 3.00. The van der Waals surface area contributed by atoms with E-state index in [1.54, 1.807) is 0 Å². The van der Waals surface area contributed by atoms with E-state index in [0.29, 0.717) is 13.0 Å². The van der Waals surface area contributed by atoms with Gasteiger partial charge in [0.25, 0.3) is 0 Å². The molecule has 18 heavy (non-hydrogen) atoms. The summed E-state index contributed by atoms with van der Waals surface area (Å²) in [6, 6.07) is 9.16. The minimum absolute atomic E-state index is 0.511. The van der Waals surface area contributed by atoms with Crippen LogP contribution in [0.4, 0.5) is 0 Å². The van der Waals surface area contributed by atoms with Gasteiger partial charge >= 0.3 is 5.97 Å². The van der Waals surface area contributed by atoms with Gasteiger partial charge in [0, 0.05) is 6.54 Å². The van der Waals surface area contributed by atoms with E-state index in [2.05, 4.69) is 11.4 Å². The normalized spacial score (nSPS) is 15.4. The predicted molar refractivity (Wildman–Crippen MR) is 71.4 cm³/mol. The molecular formula is C15H17NO2. The van der Waals surface area contributed by atoms with Gasteiger partial charge in [-0.3, -0.25) is 4.79 Å². The second-order valence-electron chi connectivity index (χ2n) is 4.42. The van der Waals surface area contributed by atoms with Crippen molar-refractivity contribution in [3.8, 4) is 0 Å². The lowest BCUT2D eigenvalue weighted by Gasteiger charge is -2.15. The van der Waals surface area contributed by atoms with Crippen LogP contribution in [0.3, 0.4) is 0 Å². The molecule has 0 fully saturated rings. The Morgan fingerprint density at radius 1 is 1.33 bits per heavy atom. The van der Waals surface area contributed by atoms with Crippen LogP contribution in [-0.4, -0.2) is 23.7 Å². The molecular weight excluding hydrogens is 226 g/mol. The molecule has 1 atom stereocenters. The SMILES string of the molecule is O=C(O)C(Cc1ccccc1)NCC1=CC=CC1. The Morgan fingerprint density at radius 3 is 2.72 bits per heavy atom. The van der Waals surface area contributed by atoms with Crippen LogP contribution in [0, 0.1) is 0 Å². The quantitative estimate of drug-likeness (QED) is 0.805. The van der Waals surface area contributed by atoms with Crippen molar-refractivity contribution >= 4 is 5.97 Å². The summed E-state index contributed by atoms with van der Waals surface area (Å²) in [5, 5.41) is 12.3. The fraction of sp³-hybridized carbons (Fsp3) is 0.267. The number of carbonyl (C=O) groups is 1. The Hall–Kier alpha value is -1.87. The molecule has 1 aliphatic carbocycles. The highest BCUT2D eigenvalue weighted by atomic mass is 16.4. The Bertz CT molecular complexity index is 463. The molecule has 0 saturated carbocycles. The fourth-order valence-corrected chi connectivity index (χ4v) is 1.97. The number of nitrogens with one attached hydrogen (secondary N) is 1. The largest absolute Gasteiger partial charge is 0.480 e.